The van der Waals surface area contributed by atoms with Crippen LogP contribution in [0.4, 0.5) is 0 Å². The lowest BCUT2D eigenvalue weighted by Gasteiger charge is -2.48. The summed E-state index contributed by atoms with van der Waals surface area (Å²) in [5.41, 5.74) is 4.70. The molecule has 1 nitrogen and oxygen atoms in total. The van der Waals surface area contributed by atoms with Crippen LogP contribution in [0.25, 0.3) is 0 Å². The summed E-state index contributed by atoms with van der Waals surface area (Å²) in [6, 6.07) is 10.4. The number of rotatable bonds is 4. The van der Waals surface area contributed by atoms with Gasteiger partial charge in [-0.1, -0.05) is 55.3 Å². The van der Waals surface area contributed by atoms with Crippen LogP contribution < -0.4 is 0 Å². The predicted octanol–water partition coefficient (Wildman–Crippen LogP) is 4.59. The fourth-order valence-electron chi connectivity index (χ4n) is 2.89. The van der Waals surface area contributed by atoms with E-state index in [0.717, 1.165) is 13.2 Å². The Labute approximate surface area is 111 Å². The zero-order valence-corrected chi connectivity index (χ0v) is 12.0. The van der Waals surface area contributed by atoms with Crippen LogP contribution in [0.15, 0.2) is 41.5 Å². The molecule has 1 aliphatic carbocycles. The second kappa shape index (κ2) is 5.27. The summed E-state index contributed by atoms with van der Waals surface area (Å²) in [5, 5.41) is 0. The van der Waals surface area contributed by atoms with Crippen molar-refractivity contribution in [2.24, 2.45) is 11.3 Å². The molecule has 1 aliphatic rings. The molecule has 1 fully saturated rings. The lowest BCUT2D eigenvalue weighted by Crippen LogP contribution is -2.41. The molecule has 0 amide bonds. The first kappa shape index (κ1) is 13.4. The maximum absolute atomic E-state index is 5.86. The van der Waals surface area contributed by atoms with Gasteiger partial charge < -0.3 is 4.74 Å². The number of benzene rings is 1. The molecule has 1 atom stereocenters. The van der Waals surface area contributed by atoms with Gasteiger partial charge in [-0.15, -0.1) is 0 Å². The van der Waals surface area contributed by atoms with Gasteiger partial charge in [0.2, 0.25) is 0 Å². The van der Waals surface area contributed by atoms with Gasteiger partial charge in [-0.25, -0.2) is 0 Å². The van der Waals surface area contributed by atoms with Crippen LogP contribution >= 0.6 is 0 Å². The van der Waals surface area contributed by atoms with Crippen molar-refractivity contribution in [1.82, 2.24) is 0 Å². The van der Waals surface area contributed by atoms with Crippen molar-refractivity contribution in [2.45, 2.75) is 40.7 Å². The van der Waals surface area contributed by atoms with Crippen LogP contribution in [0.2, 0.25) is 0 Å². The van der Waals surface area contributed by atoms with Crippen molar-refractivity contribution in [3.05, 3.63) is 47.0 Å². The van der Waals surface area contributed by atoms with Gasteiger partial charge in [0.1, 0.15) is 0 Å². The summed E-state index contributed by atoms with van der Waals surface area (Å²) in [7, 11) is 0. The molecule has 1 heteroatoms. The third-order valence-electron chi connectivity index (χ3n) is 4.28. The lowest BCUT2D eigenvalue weighted by atomic mass is 9.58. The zero-order chi connectivity index (χ0) is 13.2. The molecule has 0 aromatic heterocycles. The normalized spacial score (nSPS) is 21.6. The van der Waals surface area contributed by atoms with E-state index in [-0.39, 0.29) is 0 Å². The molecule has 1 aromatic rings. The average Bonchev–Trinajstić information content (AvgIpc) is 2.33. The molecule has 1 unspecified atom stereocenters. The third kappa shape index (κ3) is 2.67. The van der Waals surface area contributed by atoms with Gasteiger partial charge in [-0.2, -0.15) is 0 Å². The summed E-state index contributed by atoms with van der Waals surface area (Å²) in [6.07, 6.45) is 1.21. The molecular weight excluding hydrogens is 220 g/mol. The van der Waals surface area contributed by atoms with Crippen molar-refractivity contribution in [1.29, 1.82) is 0 Å². The van der Waals surface area contributed by atoms with Crippen LogP contribution in [0, 0.1) is 11.3 Å². The van der Waals surface area contributed by atoms with Crippen LogP contribution in [-0.2, 0) is 11.3 Å². The van der Waals surface area contributed by atoms with Gasteiger partial charge in [0.05, 0.1) is 13.2 Å². The van der Waals surface area contributed by atoms with Crippen molar-refractivity contribution in [3.63, 3.8) is 0 Å². The first-order valence-electron chi connectivity index (χ1n) is 6.80. The first-order chi connectivity index (χ1) is 8.51. The van der Waals surface area contributed by atoms with Gasteiger partial charge in [-0.3, -0.25) is 0 Å². The molecule has 98 valence electrons. The Hall–Kier alpha value is -1.08. The number of hydrogen-bond acceptors (Lipinski definition) is 1. The SMILES string of the molecule is CC(C)=C1CC(COCc2ccccc2)C1(C)C. The molecule has 18 heavy (non-hydrogen) atoms. The van der Waals surface area contributed by atoms with Crippen molar-refractivity contribution in [2.75, 3.05) is 6.61 Å². The van der Waals surface area contributed by atoms with Crippen LogP contribution in [0.3, 0.4) is 0 Å². The fraction of sp³-hybridized carbons (Fsp3) is 0.529. The number of hydrogen-bond donors (Lipinski definition) is 0. The Bertz CT molecular complexity index is 424. The number of allylic oxidation sites excluding steroid dienone is 2. The molecule has 0 bridgehead atoms. The van der Waals surface area contributed by atoms with Crippen molar-refractivity contribution >= 4 is 0 Å². The summed E-state index contributed by atoms with van der Waals surface area (Å²) in [6.45, 7) is 10.7. The standard InChI is InChI=1S/C17H24O/c1-13(2)16-10-15(17(16,3)4)12-18-11-14-8-6-5-7-9-14/h5-9,15H,10-12H2,1-4H3. The van der Waals surface area contributed by atoms with E-state index in [1.807, 2.05) is 6.07 Å². The Morgan fingerprint density at radius 1 is 1.22 bits per heavy atom. The van der Waals surface area contributed by atoms with E-state index in [2.05, 4.69) is 52.0 Å². The Kier molecular flexibility index (Phi) is 3.91. The van der Waals surface area contributed by atoms with Gasteiger partial charge in [0.25, 0.3) is 0 Å². The van der Waals surface area contributed by atoms with Crippen LogP contribution in [0.1, 0.15) is 39.7 Å². The molecule has 0 radical (unpaired) electrons. The van der Waals surface area contributed by atoms with Gasteiger partial charge >= 0.3 is 0 Å². The largest absolute Gasteiger partial charge is 0.376 e. The van der Waals surface area contributed by atoms with E-state index in [1.54, 1.807) is 5.57 Å². The van der Waals surface area contributed by atoms with Gasteiger partial charge in [-0.05, 0) is 37.2 Å². The van der Waals surface area contributed by atoms with E-state index in [1.165, 1.54) is 17.6 Å². The summed E-state index contributed by atoms with van der Waals surface area (Å²) >= 11 is 0. The van der Waals surface area contributed by atoms with E-state index in [9.17, 15) is 0 Å². The highest BCUT2D eigenvalue weighted by Crippen LogP contribution is 2.52. The monoisotopic (exact) mass is 244 g/mol. The lowest BCUT2D eigenvalue weighted by molar-refractivity contribution is 0.0188. The molecule has 1 saturated carbocycles. The Morgan fingerprint density at radius 2 is 1.89 bits per heavy atom. The third-order valence-corrected chi connectivity index (χ3v) is 4.28. The fourth-order valence-corrected chi connectivity index (χ4v) is 2.89. The zero-order valence-electron chi connectivity index (χ0n) is 12.0. The minimum atomic E-state index is 0.329. The topological polar surface area (TPSA) is 9.23 Å². The molecule has 0 spiro atoms. The average molecular weight is 244 g/mol. The van der Waals surface area contributed by atoms with E-state index in [0.29, 0.717) is 11.3 Å². The molecule has 1 aromatic carbocycles. The maximum Gasteiger partial charge on any atom is 0.0717 e. The van der Waals surface area contributed by atoms with Crippen molar-refractivity contribution < 1.29 is 4.74 Å². The minimum Gasteiger partial charge on any atom is -0.376 e. The van der Waals surface area contributed by atoms with Crippen molar-refractivity contribution in [3.8, 4) is 0 Å². The smallest absolute Gasteiger partial charge is 0.0717 e. The molecule has 0 aliphatic heterocycles. The first-order valence-corrected chi connectivity index (χ1v) is 6.80. The summed E-state index contributed by atoms with van der Waals surface area (Å²) in [4.78, 5) is 0. The molecule has 0 saturated heterocycles. The quantitative estimate of drug-likeness (QED) is 0.704. The molecular formula is C17H24O. The van der Waals surface area contributed by atoms with E-state index < -0.39 is 0 Å². The molecule has 0 N–H and O–H groups in total. The predicted molar refractivity (Wildman–Crippen MR) is 76.4 cm³/mol. The van der Waals surface area contributed by atoms with E-state index in [4.69, 9.17) is 4.74 Å². The highest BCUT2D eigenvalue weighted by atomic mass is 16.5. The summed E-state index contributed by atoms with van der Waals surface area (Å²) in [5.74, 6) is 0.672. The van der Waals surface area contributed by atoms with Gasteiger partial charge in [0, 0.05) is 0 Å². The Balaban J connectivity index is 1.82. The highest BCUT2D eigenvalue weighted by molar-refractivity contribution is 5.28. The maximum atomic E-state index is 5.86. The van der Waals surface area contributed by atoms with Gasteiger partial charge in [0.15, 0.2) is 0 Å². The van der Waals surface area contributed by atoms with E-state index >= 15 is 0 Å². The molecule has 2 rings (SSSR count). The highest BCUT2D eigenvalue weighted by Gasteiger charge is 2.43. The summed E-state index contributed by atoms with van der Waals surface area (Å²) < 4.78 is 5.86. The second-order valence-corrected chi connectivity index (χ2v) is 6.10. The Morgan fingerprint density at radius 3 is 2.44 bits per heavy atom. The number of ether oxygens (including phenoxy) is 1. The van der Waals surface area contributed by atoms with Crippen LogP contribution in [-0.4, -0.2) is 6.61 Å². The second-order valence-electron chi connectivity index (χ2n) is 6.10. The molecule has 0 heterocycles. The minimum absolute atomic E-state index is 0.329. The van der Waals surface area contributed by atoms with Crippen LogP contribution in [0.5, 0.6) is 0 Å².